The Kier molecular flexibility index (Phi) is 5.56. The Balaban J connectivity index is 1.72. The van der Waals surface area contributed by atoms with E-state index >= 15 is 0 Å². The number of hydrogen-bond donors (Lipinski definition) is 0. The molecule has 0 unspecified atom stereocenters. The molecule has 0 saturated heterocycles. The lowest BCUT2D eigenvalue weighted by molar-refractivity contribution is -0.119. The van der Waals surface area contributed by atoms with Gasteiger partial charge in [0, 0.05) is 28.8 Å². The molecule has 0 bridgehead atoms. The Hall–Kier alpha value is -3.52. The zero-order valence-corrected chi connectivity index (χ0v) is 18.1. The Morgan fingerprint density at radius 1 is 1.32 bits per heavy atom. The van der Waals surface area contributed by atoms with E-state index in [-0.39, 0.29) is 11.8 Å². The van der Waals surface area contributed by atoms with Crippen LogP contribution in [0.4, 0.5) is 5.69 Å². The summed E-state index contributed by atoms with van der Waals surface area (Å²) in [5.74, 6) is 1.54. The molecule has 1 saturated carbocycles. The Morgan fingerprint density at radius 2 is 2.13 bits per heavy atom. The first-order valence-corrected chi connectivity index (χ1v) is 10.5. The normalized spacial score (nSPS) is 16.3. The number of rotatable bonds is 6. The zero-order valence-electron chi connectivity index (χ0n) is 18.1. The van der Waals surface area contributed by atoms with Crippen molar-refractivity contribution < 1.29 is 14.3 Å². The number of anilines is 1. The van der Waals surface area contributed by atoms with Crippen molar-refractivity contribution in [3.63, 3.8) is 0 Å². The highest BCUT2D eigenvalue weighted by atomic mass is 16.5. The predicted octanol–water partition coefficient (Wildman–Crippen LogP) is 5.36. The number of carbonyl (C=O) groups is 1. The van der Waals surface area contributed by atoms with Crippen LogP contribution in [0.15, 0.2) is 48.6 Å². The minimum atomic E-state index is -0.427. The van der Waals surface area contributed by atoms with Crippen LogP contribution in [-0.4, -0.2) is 18.6 Å². The van der Waals surface area contributed by atoms with Gasteiger partial charge in [-0.25, -0.2) is 0 Å². The fraction of sp³-hybridized carbons (Fsp3) is 0.308. The molecule has 0 N–H and O–H groups in total. The predicted molar refractivity (Wildman–Crippen MR) is 122 cm³/mol. The second-order valence-corrected chi connectivity index (χ2v) is 8.47. The van der Waals surface area contributed by atoms with E-state index in [1.54, 1.807) is 13.2 Å². The zero-order chi connectivity index (χ0) is 22.0. The van der Waals surface area contributed by atoms with Crippen LogP contribution in [0, 0.1) is 17.2 Å². The minimum Gasteiger partial charge on any atom is -0.492 e. The van der Waals surface area contributed by atoms with Crippen LogP contribution in [-0.2, 0) is 11.3 Å². The summed E-state index contributed by atoms with van der Waals surface area (Å²) in [4.78, 5) is 15.0. The van der Waals surface area contributed by atoms with Crippen LogP contribution in [0.3, 0.4) is 0 Å². The third-order valence-electron chi connectivity index (χ3n) is 5.51. The minimum absolute atomic E-state index is 0.0695. The van der Waals surface area contributed by atoms with Crippen molar-refractivity contribution in [2.45, 2.75) is 38.8 Å². The molecule has 2 aromatic rings. The van der Waals surface area contributed by atoms with Crippen LogP contribution in [0.25, 0.3) is 12.2 Å². The summed E-state index contributed by atoms with van der Waals surface area (Å²) in [5, 5.41) is 8.83. The quantitative estimate of drug-likeness (QED) is 0.597. The molecule has 0 radical (unpaired) electrons. The maximum absolute atomic E-state index is 13.2. The first-order valence-electron chi connectivity index (χ1n) is 10.5. The average Bonchev–Trinajstić information content (AvgIpc) is 3.60. The number of nitriles is 1. The van der Waals surface area contributed by atoms with Gasteiger partial charge in [0.25, 0.3) is 0 Å². The van der Waals surface area contributed by atoms with Gasteiger partial charge in [-0.2, -0.15) is 5.26 Å². The monoisotopic (exact) mass is 414 g/mol. The van der Waals surface area contributed by atoms with E-state index in [2.05, 4.69) is 0 Å². The van der Waals surface area contributed by atoms with Gasteiger partial charge in [-0.05, 0) is 56.5 Å². The largest absolute Gasteiger partial charge is 0.492 e. The number of ether oxygens (including phenoxy) is 2. The maximum atomic E-state index is 13.2. The second kappa shape index (κ2) is 8.31. The lowest BCUT2D eigenvalue weighted by Crippen LogP contribution is -2.32. The van der Waals surface area contributed by atoms with Gasteiger partial charge in [0.15, 0.2) is 11.5 Å². The second-order valence-electron chi connectivity index (χ2n) is 8.47. The SMILES string of the molecule is COc1c(CN(C(=O)C2CC2)c2cccc(/C=C/C#N)c2)ccc2c1OC(C)(C)C=C2. The molecule has 1 fully saturated rings. The molecule has 2 aromatic carbocycles. The number of methoxy groups -OCH3 is 1. The van der Waals surface area contributed by atoms with Gasteiger partial charge in [-0.3, -0.25) is 4.79 Å². The number of fused-ring (bicyclic) bond motifs is 1. The summed E-state index contributed by atoms with van der Waals surface area (Å²) in [6.07, 6.45) is 9.09. The van der Waals surface area contributed by atoms with Gasteiger partial charge in [-0.1, -0.05) is 30.3 Å². The average molecular weight is 415 g/mol. The first kappa shape index (κ1) is 20.7. The standard InChI is InChI=1S/C26H26N2O3/c1-26(2)14-13-19-9-12-21(23(30-3)24(19)31-26)17-28(25(29)20-10-11-20)22-8-4-6-18(16-22)7-5-15-27/h4-9,12-14,16,20H,10-11,17H2,1-3H3/b7-5+. The van der Waals surface area contributed by atoms with E-state index in [4.69, 9.17) is 14.7 Å². The summed E-state index contributed by atoms with van der Waals surface area (Å²) < 4.78 is 12.0. The van der Waals surface area contributed by atoms with Crippen molar-refractivity contribution in [3.05, 3.63) is 65.2 Å². The van der Waals surface area contributed by atoms with Crippen molar-refractivity contribution in [3.8, 4) is 17.6 Å². The highest BCUT2D eigenvalue weighted by Crippen LogP contribution is 2.42. The third kappa shape index (κ3) is 4.49. The third-order valence-corrected chi connectivity index (χ3v) is 5.51. The molecule has 5 nitrogen and oxygen atoms in total. The molecule has 5 heteroatoms. The highest BCUT2D eigenvalue weighted by molar-refractivity contribution is 5.96. The fourth-order valence-electron chi connectivity index (χ4n) is 3.74. The van der Waals surface area contributed by atoms with Crippen molar-refractivity contribution >= 4 is 23.7 Å². The molecule has 158 valence electrons. The van der Waals surface area contributed by atoms with Crippen molar-refractivity contribution in [2.24, 2.45) is 5.92 Å². The van der Waals surface area contributed by atoms with Crippen LogP contribution in [0.5, 0.6) is 11.5 Å². The highest BCUT2D eigenvalue weighted by Gasteiger charge is 2.35. The molecule has 31 heavy (non-hydrogen) atoms. The lowest BCUT2D eigenvalue weighted by atomic mass is 9.99. The van der Waals surface area contributed by atoms with Crippen molar-refractivity contribution in [1.29, 1.82) is 5.26 Å². The van der Waals surface area contributed by atoms with E-state index in [1.807, 2.05) is 73.4 Å². The topological polar surface area (TPSA) is 62.6 Å². The van der Waals surface area contributed by atoms with Crippen LogP contribution < -0.4 is 14.4 Å². The van der Waals surface area contributed by atoms with Crippen LogP contribution >= 0.6 is 0 Å². The Morgan fingerprint density at radius 3 is 2.84 bits per heavy atom. The first-order chi connectivity index (χ1) is 14.9. The summed E-state index contributed by atoms with van der Waals surface area (Å²) in [7, 11) is 1.63. The maximum Gasteiger partial charge on any atom is 0.230 e. The molecule has 1 aliphatic carbocycles. The van der Waals surface area contributed by atoms with Gasteiger partial charge < -0.3 is 14.4 Å². The molecular weight excluding hydrogens is 388 g/mol. The molecule has 2 aliphatic rings. The van der Waals surface area contributed by atoms with E-state index in [0.29, 0.717) is 18.0 Å². The molecule has 1 heterocycles. The van der Waals surface area contributed by atoms with E-state index in [9.17, 15) is 4.79 Å². The number of nitrogens with zero attached hydrogens (tertiary/aromatic N) is 2. The van der Waals surface area contributed by atoms with Crippen molar-refractivity contribution in [1.82, 2.24) is 0 Å². The smallest absolute Gasteiger partial charge is 0.230 e. The summed E-state index contributed by atoms with van der Waals surface area (Å²) in [5.41, 5.74) is 3.10. The van der Waals surface area contributed by atoms with Gasteiger partial charge in [0.05, 0.1) is 19.7 Å². The van der Waals surface area contributed by atoms with Gasteiger partial charge >= 0.3 is 0 Å². The summed E-state index contributed by atoms with van der Waals surface area (Å²) in [6, 6.07) is 13.7. The van der Waals surface area contributed by atoms with E-state index in [0.717, 1.165) is 35.2 Å². The Bertz CT molecular complexity index is 1100. The van der Waals surface area contributed by atoms with Gasteiger partial charge in [-0.15, -0.1) is 0 Å². The fourth-order valence-corrected chi connectivity index (χ4v) is 3.74. The molecule has 1 aliphatic heterocycles. The summed E-state index contributed by atoms with van der Waals surface area (Å²) >= 11 is 0. The number of allylic oxidation sites excluding steroid dienone is 1. The van der Waals surface area contributed by atoms with Crippen LogP contribution in [0.1, 0.15) is 43.4 Å². The Labute approximate surface area is 183 Å². The number of hydrogen-bond acceptors (Lipinski definition) is 4. The number of carbonyl (C=O) groups excluding carboxylic acids is 1. The summed E-state index contributed by atoms with van der Waals surface area (Å²) in [6.45, 7) is 4.38. The molecule has 1 amide bonds. The number of benzene rings is 2. The van der Waals surface area contributed by atoms with Crippen molar-refractivity contribution in [2.75, 3.05) is 12.0 Å². The molecular formula is C26H26N2O3. The lowest BCUT2D eigenvalue weighted by Gasteiger charge is -2.31. The van der Waals surface area contributed by atoms with Gasteiger partial charge in [0.2, 0.25) is 5.91 Å². The molecule has 4 rings (SSSR count). The number of amides is 1. The molecule has 0 spiro atoms. The van der Waals surface area contributed by atoms with Gasteiger partial charge in [0.1, 0.15) is 5.60 Å². The van der Waals surface area contributed by atoms with E-state index < -0.39 is 5.60 Å². The molecule has 0 aromatic heterocycles. The van der Waals surface area contributed by atoms with E-state index in [1.165, 1.54) is 6.08 Å². The molecule has 0 atom stereocenters. The van der Waals surface area contributed by atoms with Crippen LogP contribution in [0.2, 0.25) is 0 Å².